The third-order valence-corrected chi connectivity index (χ3v) is 5.13. The van der Waals surface area contributed by atoms with E-state index in [2.05, 4.69) is 9.62 Å². The quantitative estimate of drug-likeness (QED) is 0.858. The first-order chi connectivity index (χ1) is 9.90. The Balaban J connectivity index is 2.01. The number of amides is 1. The van der Waals surface area contributed by atoms with Gasteiger partial charge in [0.1, 0.15) is 0 Å². The van der Waals surface area contributed by atoms with Gasteiger partial charge in [0, 0.05) is 26.2 Å². The van der Waals surface area contributed by atoms with Gasteiger partial charge in [0.15, 0.2) is 0 Å². The van der Waals surface area contributed by atoms with Crippen LogP contribution in [0.4, 0.5) is 0 Å². The zero-order valence-electron chi connectivity index (χ0n) is 12.3. The number of benzene rings is 1. The summed E-state index contributed by atoms with van der Waals surface area (Å²) in [5.74, 6) is -0.178. The second kappa shape index (κ2) is 6.55. The van der Waals surface area contributed by atoms with E-state index < -0.39 is 16.1 Å². The molecule has 0 saturated carbocycles. The summed E-state index contributed by atoms with van der Waals surface area (Å²) in [4.78, 5) is 16.3. The lowest BCUT2D eigenvalue weighted by Crippen LogP contribution is -2.53. The normalized spacial score (nSPS) is 18.5. The molecule has 1 aromatic carbocycles. The molecular weight excluding hydrogens is 290 g/mol. The zero-order valence-corrected chi connectivity index (χ0v) is 13.1. The third kappa shape index (κ3) is 4.03. The zero-order chi connectivity index (χ0) is 15.5. The number of nitrogens with zero attached hydrogens (tertiary/aromatic N) is 2. The first-order valence-electron chi connectivity index (χ1n) is 6.95. The molecule has 6 nitrogen and oxygen atoms in total. The minimum atomic E-state index is -3.66. The summed E-state index contributed by atoms with van der Waals surface area (Å²) < 4.78 is 26.8. The number of hydrogen-bond donors (Lipinski definition) is 1. The molecule has 0 spiro atoms. The number of hydrogen-bond acceptors (Lipinski definition) is 4. The molecule has 0 aromatic heterocycles. The van der Waals surface area contributed by atoms with Crippen LogP contribution in [0.1, 0.15) is 6.92 Å². The summed E-state index contributed by atoms with van der Waals surface area (Å²) in [5, 5.41) is 0. The summed E-state index contributed by atoms with van der Waals surface area (Å²) in [6.07, 6.45) is 0. The standard InChI is InChI=1S/C14H21N3O3S/c1-12(14(18)17-10-8-16(2)9-11-17)15-21(19,20)13-6-4-3-5-7-13/h3-7,12,15H,8-11H2,1-2H3/t12-/m0/s1. The van der Waals surface area contributed by atoms with Crippen molar-refractivity contribution in [1.82, 2.24) is 14.5 Å². The molecule has 116 valence electrons. The molecule has 1 aliphatic heterocycles. The topological polar surface area (TPSA) is 69.7 Å². The predicted molar refractivity (Wildman–Crippen MR) is 80.3 cm³/mol. The average Bonchev–Trinajstić information content (AvgIpc) is 2.48. The Morgan fingerprint density at radius 3 is 2.29 bits per heavy atom. The number of likely N-dealkylation sites (N-methyl/N-ethyl adjacent to an activating group) is 1. The molecule has 0 aliphatic carbocycles. The van der Waals surface area contributed by atoms with Crippen LogP contribution in [0.5, 0.6) is 0 Å². The Labute approximate surface area is 125 Å². The Kier molecular flexibility index (Phi) is 4.97. The third-order valence-electron chi connectivity index (χ3n) is 3.57. The van der Waals surface area contributed by atoms with E-state index in [-0.39, 0.29) is 10.8 Å². The van der Waals surface area contributed by atoms with Crippen molar-refractivity contribution in [3.05, 3.63) is 30.3 Å². The van der Waals surface area contributed by atoms with Crippen molar-refractivity contribution in [2.75, 3.05) is 33.2 Å². The van der Waals surface area contributed by atoms with E-state index in [9.17, 15) is 13.2 Å². The van der Waals surface area contributed by atoms with E-state index in [0.717, 1.165) is 13.1 Å². The van der Waals surface area contributed by atoms with Crippen molar-refractivity contribution in [2.45, 2.75) is 17.9 Å². The summed E-state index contributed by atoms with van der Waals surface area (Å²) in [5.41, 5.74) is 0. The van der Waals surface area contributed by atoms with Gasteiger partial charge in [0.05, 0.1) is 10.9 Å². The van der Waals surface area contributed by atoms with Crippen molar-refractivity contribution in [3.8, 4) is 0 Å². The lowest BCUT2D eigenvalue weighted by Gasteiger charge is -2.34. The van der Waals surface area contributed by atoms with Gasteiger partial charge in [-0.3, -0.25) is 4.79 Å². The summed E-state index contributed by atoms with van der Waals surface area (Å²) >= 11 is 0. The molecule has 1 saturated heterocycles. The highest BCUT2D eigenvalue weighted by Crippen LogP contribution is 2.09. The van der Waals surface area contributed by atoms with E-state index in [4.69, 9.17) is 0 Å². The number of carbonyl (C=O) groups is 1. The fourth-order valence-corrected chi connectivity index (χ4v) is 3.47. The van der Waals surface area contributed by atoms with Crippen molar-refractivity contribution in [3.63, 3.8) is 0 Å². The second-order valence-corrected chi connectivity index (χ2v) is 7.00. The van der Waals surface area contributed by atoms with Crippen LogP contribution in [0.3, 0.4) is 0 Å². The summed E-state index contributed by atoms with van der Waals surface area (Å²) in [7, 11) is -1.66. The number of piperazine rings is 1. The maximum Gasteiger partial charge on any atom is 0.241 e. The summed E-state index contributed by atoms with van der Waals surface area (Å²) in [6, 6.07) is 7.31. The van der Waals surface area contributed by atoms with Crippen LogP contribution < -0.4 is 4.72 Å². The van der Waals surface area contributed by atoms with Gasteiger partial charge in [-0.1, -0.05) is 18.2 Å². The maximum absolute atomic E-state index is 12.3. The highest BCUT2D eigenvalue weighted by atomic mass is 32.2. The number of carbonyl (C=O) groups excluding carboxylic acids is 1. The minimum absolute atomic E-state index is 0.169. The van der Waals surface area contributed by atoms with Gasteiger partial charge >= 0.3 is 0 Å². The number of sulfonamides is 1. The molecule has 1 aromatic rings. The molecule has 1 aliphatic rings. The molecule has 0 bridgehead atoms. The van der Waals surface area contributed by atoms with Crippen LogP contribution in [-0.4, -0.2) is 63.4 Å². The lowest BCUT2D eigenvalue weighted by atomic mass is 10.2. The number of nitrogens with one attached hydrogen (secondary N) is 1. The first-order valence-corrected chi connectivity index (χ1v) is 8.43. The molecule has 0 radical (unpaired) electrons. The molecule has 21 heavy (non-hydrogen) atoms. The fourth-order valence-electron chi connectivity index (χ4n) is 2.25. The van der Waals surface area contributed by atoms with E-state index in [0.29, 0.717) is 13.1 Å². The van der Waals surface area contributed by atoms with E-state index in [1.165, 1.54) is 12.1 Å². The highest BCUT2D eigenvalue weighted by Gasteiger charge is 2.27. The Morgan fingerprint density at radius 2 is 1.71 bits per heavy atom. The molecular formula is C14H21N3O3S. The van der Waals surface area contributed by atoms with Gasteiger partial charge in [-0.05, 0) is 26.1 Å². The van der Waals surface area contributed by atoms with Gasteiger partial charge in [-0.25, -0.2) is 8.42 Å². The summed E-state index contributed by atoms with van der Waals surface area (Å²) in [6.45, 7) is 4.47. The molecule has 1 N–H and O–H groups in total. The fraction of sp³-hybridized carbons (Fsp3) is 0.500. The van der Waals surface area contributed by atoms with Gasteiger partial charge < -0.3 is 9.80 Å². The second-order valence-electron chi connectivity index (χ2n) is 5.28. The smallest absolute Gasteiger partial charge is 0.241 e. The van der Waals surface area contributed by atoms with Gasteiger partial charge in [0.2, 0.25) is 15.9 Å². The Morgan fingerprint density at radius 1 is 1.14 bits per heavy atom. The van der Waals surface area contributed by atoms with Crippen LogP contribution >= 0.6 is 0 Å². The lowest BCUT2D eigenvalue weighted by molar-refractivity contribution is -0.134. The first kappa shape index (κ1) is 15.9. The van der Waals surface area contributed by atoms with E-state index in [1.54, 1.807) is 30.0 Å². The molecule has 1 heterocycles. The molecule has 7 heteroatoms. The highest BCUT2D eigenvalue weighted by molar-refractivity contribution is 7.89. The maximum atomic E-state index is 12.3. The monoisotopic (exact) mass is 311 g/mol. The van der Waals surface area contributed by atoms with Gasteiger partial charge in [-0.15, -0.1) is 0 Å². The largest absolute Gasteiger partial charge is 0.339 e. The van der Waals surface area contributed by atoms with Crippen molar-refractivity contribution in [1.29, 1.82) is 0 Å². The molecule has 1 amide bonds. The van der Waals surface area contributed by atoms with Crippen LogP contribution in [-0.2, 0) is 14.8 Å². The molecule has 1 atom stereocenters. The predicted octanol–water partition coefficient (Wildman–Crippen LogP) is 0.127. The molecule has 1 fully saturated rings. The van der Waals surface area contributed by atoms with Crippen molar-refractivity contribution < 1.29 is 13.2 Å². The van der Waals surface area contributed by atoms with Crippen LogP contribution in [0, 0.1) is 0 Å². The van der Waals surface area contributed by atoms with Crippen LogP contribution in [0.25, 0.3) is 0 Å². The number of rotatable bonds is 4. The SMILES string of the molecule is C[C@H](NS(=O)(=O)c1ccccc1)C(=O)N1CCN(C)CC1. The van der Waals surface area contributed by atoms with E-state index in [1.807, 2.05) is 7.05 Å². The Hall–Kier alpha value is -1.44. The minimum Gasteiger partial charge on any atom is -0.339 e. The Bertz CT molecular complexity index is 581. The van der Waals surface area contributed by atoms with Gasteiger partial charge in [0.25, 0.3) is 0 Å². The van der Waals surface area contributed by atoms with Crippen molar-refractivity contribution in [2.24, 2.45) is 0 Å². The van der Waals surface area contributed by atoms with Gasteiger partial charge in [-0.2, -0.15) is 4.72 Å². The van der Waals surface area contributed by atoms with E-state index >= 15 is 0 Å². The average molecular weight is 311 g/mol. The molecule has 2 rings (SSSR count). The molecule has 0 unspecified atom stereocenters. The van der Waals surface area contributed by atoms with Crippen LogP contribution in [0.15, 0.2) is 35.2 Å². The van der Waals surface area contributed by atoms with Crippen LogP contribution in [0.2, 0.25) is 0 Å². The van der Waals surface area contributed by atoms with Crippen molar-refractivity contribution >= 4 is 15.9 Å².